The SMILES string of the molecule is Cn1ncnc1NC(=O)c1ccc(N)c(F)c1. The minimum absolute atomic E-state index is 0.000193. The highest BCUT2D eigenvalue weighted by atomic mass is 19.1. The second kappa shape index (κ2) is 4.20. The first-order valence-corrected chi connectivity index (χ1v) is 4.78. The van der Waals surface area contributed by atoms with E-state index in [-0.39, 0.29) is 17.2 Å². The van der Waals surface area contributed by atoms with Crippen LogP contribution in [0, 0.1) is 5.82 Å². The standard InChI is InChI=1S/C10H10FN5O/c1-16-10(13-5-14-16)15-9(17)6-2-3-8(12)7(11)4-6/h2-5H,12H2,1H3,(H,13,14,15,17). The summed E-state index contributed by atoms with van der Waals surface area (Å²) in [7, 11) is 1.63. The number of amides is 1. The minimum Gasteiger partial charge on any atom is -0.396 e. The molecule has 0 aliphatic carbocycles. The predicted octanol–water partition coefficient (Wildman–Crippen LogP) is 0.789. The summed E-state index contributed by atoms with van der Waals surface area (Å²) in [4.78, 5) is 15.6. The summed E-state index contributed by atoms with van der Waals surface area (Å²) in [5.74, 6) is -0.817. The highest BCUT2D eigenvalue weighted by Crippen LogP contribution is 2.13. The summed E-state index contributed by atoms with van der Waals surface area (Å²) in [6.45, 7) is 0. The van der Waals surface area contributed by atoms with Gasteiger partial charge in [-0.2, -0.15) is 10.1 Å². The van der Waals surface area contributed by atoms with Crippen LogP contribution in [-0.2, 0) is 7.05 Å². The van der Waals surface area contributed by atoms with Crippen LogP contribution in [0.4, 0.5) is 16.0 Å². The summed E-state index contributed by atoms with van der Waals surface area (Å²) in [6.07, 6.45) is 1.30. The van der Waals surface area contributed by atoms with Crippen LogP contribution in [0.1, 0.15) is 10.4 Å². The Labute approximate surface area is 96.3 Å². The Hall–Kier alpha value is -2.44. The van der Waals surface area contributed by atoms with Crippen LogP contribution < -0.4 is 11.1 Å². The molecule has 0 bridgehead atoms. The molecule has 17 heavy (non-hydrogen) atoms. The predicted molar refractivity (Wildman–Crippen MR) is 59.8 cm³/mol. The first-order chi connectivity index (χ1) is 8.08. The highest BCUT2D eigenvalue weighted by Gasteiger charge is 2.11. The van der Waals surface area contributed by atoms with Crippen molar-refractivity contribution >= 4 is 17.5 Å². The number of nitrogens with two attached hydrogens (primary N) is 1. The van der Waals surface area contributed by atoms with E-state index in [0.29, 0.717) is 0 Å². The molecule has 1 heterocycles. The van der Waals surface area contributed by atoms with Crippen molar-refractivity contribution in [2.75, 3.05) is 11.1 Å². The summed E-state index contributed by atoms with van der Waals surface area (Å²) >= 11 is 0. The molecule has 0 radical (unpaired) electrons. The van der Waals surface area contributed by atoms with Crippen molar-refractivity contribution < 1.29 is 9.18 Å². The number of nitrogen functional groups attached to an aromatic ring is 1. The van der Waals surface area contributed by atoms with Crippen molar-refractivity contribution in [3.05, 3.63) is 35.9 Å². The van der Waals surface area contributed by atoms with E-state index in [9.17, 15) is 9.18 Å². The molecule has 6 nitrogen and oxygen atoms in total. The van der Waals surface area contributed by atoms with Gasteiger partial charge in [0, 0.05) is 12.6 Å². The number of nitrogens with one attached hydrogen (secondary N) is 1. The first kappa shape index (κ1) is 11.1. The van der Waals surface area contributed by atoms with Crippen molar-refractivity contribution in [1.29, 1.82) is 0 Å². The molecular weight excluding hydrogens is 225 g/mol. The molecule has 0 fully saturated rings. The average molecular weight is 235 g/mol. The third kappa shape index (κ3) is 2.22. The van der Waals surface area contributed by atoms with Crippen LogP contribution in [-0.4, -0.2) is 20.7 Å². The number of carbonyl (C=O) groups excluding carboxylic acids is 1. The third-order valence-electron chi connectivity index (χ3n) is 2.20. The number of halogens is 1. The first-order valence-electron chi connectivity index (χ1n) is 4.78. The number of aromatic nitrogens is 3. The number of carbonyl (C=O) groups is 1. The molecule has 0 unspecified atom stereocenters. The fourth-order valence-corrected chi connectivity index (χ4v) is 1.25. The Morgan fingerprint density at radius 2 is 2.29 bits per heavy atom. The Morgan fingerprint density at radius 3 is 2.88 bits per heavy atom. The smallest absolute Gasteiger partial charge is 0.258 e. The maximum absolute atomic E-state index is 13.2. The number of aryl methyl sites for hydroxylation is 1. The maximum Gasteiger partial charge on any atom is 0.258 e. The molecule has 7 heteroatoms. The summed E-state index contributed by atoms with van der Waals surface area (Å²) in [5, 5.41) is 6.29. The molecule has 0 atom stereocenters. The van der Waals surface area contributed by atoms with E-state index in [0.717, 1.165) is 6.07 Å². The third-order valence-corrected chi connectivity index (χ3v) is 2.20. The Balaban J connectivity index is 2.20. The van der Waals surface area contributed by atoms with Crippen molar-refractivity contribution in [2.45, 2.75) is 0 Å². The van der Waals surface area contributed by atoms with Gasteiger partial charge in [0.05, 0.1) is 5.69 Å². The van der Waals surface area contributed by atoms with Crippen LogP contribution >= 0.6 is 0 Å². The van der Waals surface area contributed by atoms with Gasteiger partial charge in [0.1, 0.15) is 12.1 Å². The fraction of sp³-hybridized carbons (Fsp3) is 0.100. The number of hydrogen-bond donors (Lipinski definition) is 2. The molecule has 2 rings (SSSR count). The number of hydrogen-bond acceptors (Lipinski definition) is 4. The number of rotatable bonds is 2. The van der Waals surface area contributed by atoms with Crippen molar-refractivity contribution in [3.63, 3.8) is 0 Å². The molecule has 1 aromatic heterocycles. The van der Waals surface area contributed by atoms with Gasteiger partial charge in [-0.05, 0) is 18.2 Å². The lowest BCUT2D eigenvalue weighted by atomic mass is 10.2. The van der Waals surface area contributed by atoms with Gasteiger partial charge in [-0.25, -0.2) is 9.07 Å². The molecular formula is C10H10FN5O. The van der Waals surface area contributed by atoms with Crippen LogP contribution in [0.2, 0.25) is 0 Å². The molecule has 88 valence electrons. The van der Waals surface area contributed by atoms with Crippen LogP contribution in [0.25, 0.3) is 0 Å². The van der Waals surface area contributed by atoms with E-state index in [1.165, 1.54) is 23.1 Å². The van der Waals surface area contributed by atoms with Crippen molar-refractivity contribution in [2.24, 2.45) is 7.05 Å². The number of anilines is 2. The zero-order valence-electron chi connectivity index (χ0n) is 9.01. The van der Waals surface area contributed by atoms with Gasteiger partial charge in [-0.3, -0.25) is 10.1 Å². The highest BCUT2D eigenvalue weighted by molar-refractivity contribution is 6.03. The molecule has 0 spiro atoms. The molecule has 1 aromatic carbocycles. The van der Waals surface area contributed by atoms with Gasteiger partial charge in [-0.15, -0.1) is 0 Å². The molecule has 3 N–H and O–H groups in total. The van der Waals surface area contributed by atoms with Gasteiger partial charge >= 0.3 is 0 Å². The van der Waals surface area contributed by atoms with E-state index in [1.807, 2.05) is 0 Å². The van der Waals surface area contributed by atoms with E-state index in [2.05, 4.69) is 15.4 Å². The maximum atomic E-state index is 13.2. The minimum atomic E-state index is -0.629. The lowest BCUT2D eigenvalue weighted by Gasteiger charge is -2.04. The number of nitrogens with zero attached hydrogens (tertiary/aromatic N) is 3. The van der Waals surface area contributed by atoms with Crippen molar-refractivity contribution in [1.82, 2.24) is 14.8 Å². The zero-order valence-corrected chi connectivity index (χ0v) is 9.01. The summed E-state index contributed by atoms with van der Waals surface area (Å²) < 4.78 is 14.6. The van der Waals surface area contributed by atoms with Crippen LogP contribution in [0.15, 0.2) is 24.5 Å². The van der Waals surface area contributed by atoms with E-state index >= 15 is 0 Å². The monoisotopic (exact) mass is 235 g/mol. The molecule has 0 aliphatic rings. The average Bonchev–Trinajstić information content (AvgIpc) is 2.68. The van der Waals surface area contributed by atoms with Gasteiger partial charge in [-0.1, -0.05) is 0 Å². The van der Waals surface area contributed by atoms with Gasteiger partial charge in [0.25, 0.3) is 5.91 Å². The summed E-state index contributed by atoms with van der Waals surface area (Å²) in [5.41, 5.74) is 5.48. The molecule has 0 saturated carbocycles. The number of benzene rings is 1. The molecule has 1 amide bonds. The van der Waals surface area contributed by atoms with Gasteiger partial charge in [0.15, 0.2) is 0 Å². The second-order valence-electron chi connectivity index (χ2n) is 3.40. The van der Waals surface area contributed by atoms with E-state index in [1.54, 1.807) is 7.05 Å². The Morgan fingerprint density at radius 1 is 1.53 bits per heavy atom. The van der Waals surface area contributed by atoms with E-state index < -0.39 is 11.7 Å². The topological polar surface area (TPSA) is 85.8 Å². The van der Waals surface area contributed by atoms with E-state index in [4.69, 9.17) is 5.73 Å². The molecule has 0 aliphatic heterocycles. The summed E-state index contributed by atoms with van der Waals surface area (Å²) in [6, 6.07) is 3.84. The largest absolute Gasteiger partial charge is 0.396 e. The molecule has 2 aromatic rings. The van der Waals surface area contributed by atoms with Gasteiger partial charge in [0.2, 0.25) is 5.95 Å². The Bertz CT molecular complexity index is 566. The lowest BCUT2D eigenvalue weighted by molar-refractivity contribution is 0.102. The lowest BCUT2D eigenvalue weighted by Crippen LogP contribution is -2.15. The van der Waals surface area contributed by atoms with Crippen molar-refractivity contribution in [3.8, 4) is 0 Å². The van der Waals surface area contributed by atoms with Gasteiger partial charge < -0.3 is 5.73 Å². The second-order valence-corrected chi connectivity index (χ2v) is 3.40. The Kier molecular flexibility index (Phi) is 2.73. The van der Waals surface area contributed by atoms with Crippen LogP contribution in [0.3, 0.4) is 0 Å². The quantitative estimate of drug-likeness (QED) is 0.753. The fourth-order valence-electron chi connectivity index (χ4n) is 1.25. The normalized spacial score (nSPS) is 10.2. The van der Waals surface area contributed by atoms with Crippen LogP contribution in [0.5, 0.6) is 0 Å². The molecule has 0 saturated heterocycles. The zero-order chi connectivity index (χ0) is 12.4.